The van der Waals surface area contributed by atoms with Crippen molar-refractivity contribution < 1.29 is 28.6 Å². The quantitative estimate of drug-likeness (QED) is 0.232. The minimum Gasteiger partial charge on any atom is -0.462 e. The lowest BCUT2D eigenvalue weighted by Gasteiger charge is -2.08. The van der Waals surface area contributed by atoms with Crippen molar-refractivity contribution in [2.75, 3.05) is 13.2 Å². The Hall–Kier alpha value is -1.85. The van der Waals surface area contributed by atoms with Gasteiger partial charge < -0.3 is 14.2 Å². The van der Waals surface area contributed by atoms with Crippen molar-refractivity contribution in [2.24, 2.45) is 0 Å². The molecule has 0 rings (SSSR count). The van der Waals surface area contributed by atoms with Gasteiger partial charge in [0.2, 0.25) is 0 Å². The lowest BCUT2D eigenvalue weighted by Crippen LogP contribution is -2.21. The second kappa shape index (κ2) is 8.27. The van der Waals surface area contributed by atoms with Crippen LogP contribution in [0.1, 0.15) is 27.7 Å². The lowest BCUT2D eigenvalue weighted by atomic mass is 10.2. The number of carbonyl (C=O) groups excluding carboxylic acids is 3. The van der Waals surface area contributed by atoms with Crippen LogP contribution in [0.2, 0.25) is 0 Å². The van der Waals surface area contributed by atoms with Gasteiger partial charge in [0.05, 0.1) is 19.3 Å². The van der Waals surface area contributed by atoms with Gasteiger partial charge in [-0.05, 0) is 27.7 Å². The summed E-state index contributed by atoms with van der Waals surface area (Å²) in [5.74, 6) is -2.60. The highest BCUT2D eigenvalue weighted by molar-refractivity contribution is 6.17. The van der Waals surface area contributed by atoms with E-state index in [9.17, 15) is 14.4 Å². The molecule has 0 aliphatic carbocycles. The van der Waals surface area contributed by atoms with Crippen LogP contribution in [-0.2, 0) is 28.6 Å². The first-order chi connectivity index (χ1) is 8.42. The van der Waals surface area contributed by atoms with Gasteiger partial charge in [-0.25, -0.2) is 14.4 Å². The Kier molecular flexibility index (Phi) is 7.42. The van der Waals surface area contributed by atoms with Crippen LogP contribution in [0.4, 0.5) is 0 Å². The standard InChI is InChI=1S/C12H18O6/c1-5-16-11(14)9(12(15)17-6-2)7-10(13)18-8(3)4/h7-8H,5-6H2,1-4H3. The SMILES string of the molecule is CCOC(=O)C(=CC(=O)OC(C)C)C(=O)OCC. The molecule has 102 valence electrons. The van der Waals surface area contributed by atoms with E-state index in [4.69, 9.17) is 4.74 Å². The molecule has 0 aliphatic heterocycles. The van der Waals surface area contributed by atoms with Gasteiger partial charge in [-0.2, -0.15) is 0 Å². The Morgan fingerprint density at radius 1 is 1.00 bits per heavy atom. The first kappa shape index (κ1) is 16.1. The third kappa shape index (κ3) is 6.03. The van der Waals surface area contributed by atoms with Crippen LogP contribution in [0.25, 0.3) is 0 Å². The summed E-state index contributed by atoms with van der Waals surface area (Å²) in [6.45, 7) is 6.67. The van der Waals surface area contributed by atoms with Crippen molar-refractivity contribution in [3.63, 3.8) is 0 Å². The summed E-state index contributed by atoms with van der Waals surface area (Å²) < 4.78 is 14.1. The molecule has 0 amide bonds. The van der Waals surface area contributed by atoms with E-state index in [1.807, 2.05) is 0 Å². The Bertz CT molecular complexity index is 322. The van der Waals surface area contributed by atoms with E-state index in [-0.39, 0.29) is 19.3 Å². The molecule has 6 heteroatoms. The van der Waals surface area contributed by atoms with Crippen LogP contribution >= 0.6 is 0 Å². The second-order valence-corrected chi connectivity index (χ2v) is 3.48. The molecule has 0 saturated carbocycles. The molecular weight excluding hydrogens is 240 g/mol. The molecule has 0 atom stereocenters. The molecule has 0 fully saturated rings. The van der Waals surface area contributed by atoms with Gasteiger partial charge in [0.1, 0.15) is 0 Å². The molecule has 6 nitrogen and oxygen atoms in total. The van der Waals surface area contributed by atoms with Gasteiger partial charge in [0.15, 0.2) is 5.57 Å². The van der Waals surface area contributed by atoms with Crippen LogP contribution < -0.4 is 0 Å². The van der Waals surface area contributed by atoms with Crippen molar-refractivity contribution in [1.29, 1.82) is 0 Å². The summed E-state index contributed by atoms with van der Waals surface area (Å²) in [6.07, 6.45) is 0.440. The van der Waals surface area contributed by atoms with E-state index in [1.54, 1.807) is 27.7 Å². The molecule has 0 heterocycles. The number of hydrogen-bond donors (Lipinski definition) is 0. The highest BCUT2D eigenvalue weighted by Crippen LogP contribution is 2.04. The van der Waals surface area contributed by atoms with Gasteiger partial charge in [-0.3, -0.25) is 0 Å². The van der Waals surface area contributed by atoms with Crippen LogP contribution in [0, 0.1) is 0 Å². The fourth-order valence-electron chi connectivity index (χ4n) is 1.00. The zero-order valence-corrected chi connectivity index (χ0v) is 11.0. The van der Waals surface area contributed by atoms with Crippen molar-refractivity contribution in [3.8, 4) is 0 Å². The smallest absolute Gasteiger partial charge is 0.345 e. The molecule has 0 N–H and O–H groups in total. The second-order valence-electron chi connectivity index (χ2n) is 3.48. The predicted molar refractivity (Wildman–Crippen MR) is 62.6 cm³/mol. The van der Waals surface area contributed by atoms with Gasteiger partial charge in [-0.1, -0.05) is 0 Å². The molecule has 0 bridgehead atoms. The largest absolute Gasteiger partial charge is 0.462 e. The number of ether oxygens (including phenoxy) is 3. The summed E-state index contributed by atoms with van der Waals surface area (Å²) >= 11 is 0. The first-order valence-electron chi connectivity index (χ1n) is 5.68. The maximum Gasteiger partial charge on any atom is 0.345 e. The summed E-state index contributed by atoms with van der Waals surface area (Å²) in [4.78, 5) is 34.3. The molecular formula is C12H18O6. The molecule has 0 unspecified atom stereocenters. The highest BCUT2D eigenvalue weighted by atomic mass is 16.6. The monoisotopic (exact) mass is 258 g/mol. The maximum absolute atomic E-state index is 11.5. The van der Waals surface area contributed by atoms with E-state index in [0.717, 1.165) is 6.08 Å². The average molecular weight is 258 g/mol. The Balaban J connectivity index is 4.96. The molecule has 0 radical (unpaired) electrons. The molecule has 0 aliphatic rings. The third-order valence-corrected chi connectivity index (χ3v) is 1.60. The number of carbonyl (C=O) groups is 3. The number of esters is 3. The normalized spacial score (nSPS) is 9.61. The number of rotatable bonds is 6. The zero-order valence-electron chi connectivity index (χ0n) is 11.0. The van der Waals surface area contributed by atoms with Gasteiger partial charge >= 0.3 is 17.9 Å². The fourth-order valence-corrected chi connectivity index (χ4v) is 1.00. The molecule has 0 saturated heterocycles. The minimum atomic E-state index is -0.906. The predicted octanol–water partition coefficient (Wildman–Crippen LogP) is 0.991. The molecule has 0 aromatic rings. The van der Waals surface area contributed by atoms with E-state index in [1.165, 1.54) is 0 Å². The third-order valence-electron chi connectivity index (χ3n) is 1.60. The number of hydrogen-bond acceptors (Lipinski definition) is 6. The Labute approximate surface area is 106 Å². The molecule has 18 heavy (non-hydrogen) atoms. The summed E-state index contributed by atoms with van der Waals surface area (Å²) in [6, 6.07) is 0. The molecule has 0 aromatic heterocycles. The van der Waals surface area contributed by atoms with Crippen LogP contribution in [-0.4, -0.2) is 37.2 Å². The van der Waals surface area contributed by atoms with E-state index >= 15 is 0 Å². The summed E-state index contributed by atoms with van der Waals surface area (Å²) in [5, 5.41) is 0. The average Bonchev–Trinajstić information content (AvgIpc) is 2.25. The zero-order chi connectivity index (χ0) is 14.1. The van der Waals surface area contributed by atoms with Crippen molar-refractivity contribution >= 4 is 17.9 Å². The summed E-state index contributed by atoms with van der Waals surface area (Å²) in [7, 11) is 0. The summed E-state index contributed by atoms with van der Waals surface area (Å²) in [5.41, 5.74) is -0.468. The minimum absolute atomic E-state index is 0.0921. The highest BCUT2D eigenvalue weighted by Gasteiger charge is 2.23. The lowest BCUT2D eigenvalue weighted by molar-refractivity contribution is -0.148. The van der Waals surface area contributed by atoms with Crippen molar-refractivity contribution in [3.05, 3.63) is 11.6 Å². The van der Waals surface area contributed by atoms with E-state index in [0.29, 0.717) is 0 Å². The van der Waals surface area contributed by atoms with Crippen LogP contribution in [0.15, 0.2) is 11.6 Å². The van der Waals surface area contributed by atoms with Crippen molar-refractivity contribution in [2.45, 2.75) is 33.8 Å². The van der Waals surface area contributed by atoms with Gasteiger partial charge in [0, 0.05) is 6.08 Å². The molecule has 0 spiro atoms. The molecule has 0 aromatic carbocycles. The topological polar surface area (TPSA) is 78.9 Å². The van der Waals surface area contributed by atoms with E-state index in [2.05, 4.69) is 9.47 Å². The Morgan fingerprint density at radius 2 is 1.44 bits per heavy atom. The first-order valence-corrected chi connectivity index (χ1v) is 5.68. The maximum atomic E-state index is 11.5. The van der Waals surface area contributed by atoms with Crippen molar-refractivity contribution in [1.82, 2.24) is 0 Å². The van der Waals surface area contributed by atoms with Gasteiger partial charge in [-0.15, -0.1) is 0 Å². The van der Waals surface area contributed by atoms with Gasteiger partial charge in [0.25, 0.3) is 0 Å². The van der Waals surface area contributed by atoms with Crippen LogP contribution in [0.3, 0.4) is 0 Å². The van der Waals surface area contributed by atoms with E-state index < -0.39 is 23.5 Å². The Morgan fingerprint density at radius 3 is 1.78 bits per heavy atom. The van der Waals surface area contributed by atoms with Crippen LogP contribution in [0.5, 0.6) is 0 Å². The fraction of sp³-hybridized carbons (Fsp3) is 0.583.